The predicted octanol–water partition coefficient (Wildman–Crippen LogP) is 26.9. The van der Waals surface area contributed by atoms with Gasteiger partial charge in [-0.25, -0.2) is 0 Å². The molecule has 0 unspecified atom stereocenters. The van der Waals surface area contributed by atoms with Crippen molar-refractivity contribution in [2.75, 3.05) is 14.7 Å². The number of hydrogen-bond donors (Lipinski definition) is 0. The van der Waals surface area contributed by atoms with E-state index in [9.17, 15) is 0 Å². The Kier molecular flexibility index (Phi) is 17.0. The lowest BCUT2D eigenvalue weighted by Gasteiger charge is -2.46. The first-order chi connectivity index (χ1) is 49.4. The first-order valence-electron chi connectivity index (χ1n) is 38.1. The third kappa shape index (κ3) is 13.3. The van der Waals surface area contributed by atoms with Crippen LogP contribution in [0.5, 0.6) is 0 Å². The summed E-state index contributed by atoms with van der Waals surface area (Å²) in [5, 5.41) is 2.19. The van der Waals surface area contributed by atoms with E-state index in [0.717, 1.165) is 95.4 Å². The highest BCUT2D eigenvalue weighted by atomic mass is 16.3. The summed E-state index contributed by atoms with van der Waals surface area (Å²) in [5.74, 6) is 0. The topological polar surface area (TPSA) is 22.9 Å². The van der Waals surface area contributed by atoms with E-state index < -0.39 is 0 Å². The van der Waals surface area contributed by atoms with Crippen molar-refractivity contribution in [3.63, 3.8) is 0 Å². The van der Waals surface area contributed by atoms with Crippen LogP contribution in [0.1, 0.15) is 184 Å². The van der Waals surface area contributed by atoms with Gasteiger partial charge in [0.25, 0.3) is 6.71 Å². The maximum Gasteiger partial charge on any atom is 0.252 e. The normalized spacial score (nSPS) is 13.5. The van der Waals surface area contributed by atoms with Crippen LogP contribution in [0.15, 0.2) is 253 Å². The molecule has 528 valence electrons. The molecule has 0 saturated carbocycles. The lowest BCUT2D eigenvalue weighted by molar-refractivity contribution is 0.590. The molecule has 0 bridgehead atoms. The van der Waals surface area contributed by atoms with Crippen molar-refractivity contribution >= 4 is 96.2 Å². The molecule has 4 nitrogen and oxygen atoms in total. The van der Waals surface area contributed by atoms with Gasteiger partial charge in [0, 0.05) is 62.3 Å². The van der Waals surface area contributed by atoms with Crippen LogP contribution in [0, 0.1) is 0 Å². The van der Waals surface area contributed by atoms with Gasteiger partial charge in [0.05, 0.1) is 5.69 Å². The Morgan fingerprint density at radius 1 is 0.248 bits per heavy atom. The number of para-hydroxylation sites is 1. The number of fused-ring (bicyclic) bond motifs is 7. The second-order valence-electron chi connectivity index (χ2n) is 37.3. The Morgan fingerprint density at radius 3 is 0.914 bits per heavy atom. The Labute approximate surface area is 626 Å². The molecular weight excluding hydrogens is 1270 g/mol. The molecule has 12 aromatic carbocycles. The van der Waals surface area contributed by atoms with Crippen LogP contribution in [0.4, 0.5) is 51.2 Å². The highest BCUT2D eigenvalue weighted by Crippen LogP contribution is 2.52. The van der Waals surface area contributed by atoms with Gasteiger partial charge >= 0.3 is 0 Å². The fourth-order valence-corrected chi connectivity index (χ4v) is 15.8. The number of hydrogen-bond acceptors (Lipinski definition) is 4. The van der Waals surface area contributed by atoms with Gasteiger partial charge in [0.2, 0.25) is 0 Å². The molecule has 0 aliphatic carbocycles. The monoisotopic (exact) mass is 1370 g/mol. The van der Waals surface area contributed by atoms with Crippen LogP contribution < -0.4 is 31.1 Å². The zero-order valence-electron chi connectivity index (χ0n) is 66.0. The molecule has 0 radical (unpaired) electrons. The number of anilines is 9. The van der Waals surface area contributed by atoms with Gasteiger partial charge in [0.15, 0.2) is 0 Å². The minimum absolute atomic E-state index is 0.0107. The van der Waals surface area contributed by atoms with Crippen LogP contribution >= 0.6 is 0 Å². The highest BCUT2D eigenvalue weighted by Gasteiger charge is 2.46. The summed E-state index contributed by atoms with van der Waals surface area (Å²) >= 11 is 0. The van der Waals surface area contributed by atoms with E-state index >= 15 is 0 Å². The third-order valence-electron chi connectivity index (χ3n) is 22.3. The molecule has 0 N–H and O–H groups in total. The standard InChI is InChI=1S/C100H104BN3O/c1-94(2,3)71-34-26-63(27-35-71)67-52-68(64-28-36-72(37-29-64)95(4,5)6)55-80(54-67)103-87-50-44-76(99(16,17)18)58-85(87)101-86-59-77(100(19,20)21)45-51-88(86)104(81-56-69(65-30-38-73(39-31-65)96(7,8)9)53-70(57-81)66-32-40-74(41-33-66)97(10,11)12)90-61-82(60-89(103)93(90)101)102(78-46-42-75(43-47-78)98(13,14)15)79-48-49-84-83-24-22-23-25-91(83)105-92(84)62-79/h22-62H,1-21H3. The van der Waals surface area contributed by atoms with Gasteiger partial charge in [-0.05, 0) is 229 Å². The molecule has 5 heteroatoms. The molecule has 105 heavy (non-hydrogen) atoms. The van der Waals surface area contributed by atoms with Gasteiger partial charge in [-0.15, -0.1) is 0 Å². The minimum atomic E-state index is -0.187. The molecule has 0 saturated heterocycles. The first kappa shape index (κ1) is 70.6. The van der Waals surface area contributed by atoms with Crippen LogP contribution in [0.3, 0.4) is 0 Å². The molecule has 0 atom stereocenters. The molecule has 2 aliphatic heterocycles. The van der Waals surface area contributed by atoms with Crippen molar-refractivity contribution in [3.8, 4) is 44.5 Å². The second-order valence-corrected chi connectivity index (χ2v) is 37.3. The molecule has 0 amide bonds. The lowest BCUT2D eigenvalue weighted by atomic mass is 9.33. The Morgan fingerprint density at radius 2 is 0.562 bits per heavy atom. The van der Waals surface area contributed by atoms with Gasteiger partial charge in [0.1, 0.15) is 11.2 Å². The minimum Gasteiger partial charge on any atom is -0.456 e. The van der Waals surface area contributed by atoms with Crippen molar-refractivity contribution in [2.24, 2.45) is 0 Å². The smallest absolute Gasteiger partial charge is 0.252 e. The summed E-state index contributed by atoms with van der Waals surface area (Å²) in [6.07, 6.45) is 0. The summed E-state index contributed by atoms with van der Waals surface area (Å²) < 4.78 is 6.87. The van der Waals surface area contributed by atoms with Gasteiger partial charge in [-0.3, -0.25) is 0 Å². The Bertz CT molecular complexity index is 5080. The van der Waals surface area contributed by atoms with Crippen LogP contribution in [-0.4, -0.2) is 6.71 Å². The van der Waals surface area contributed by atoms with Crippen molar-refractivity contribution in [3.05, 3.63) is 288 Å². The Hall–Kier alpha value is -10.1. The fourth-order valence-electron chi connectivity index (χ4n) is 15.8. The fraction of sp³-hybridized carbons (Fsp3) is 0.280. The average molecular weight is 1370 g/mol. The average Bonchev–Trinajstić information content (AvgIpc) is 0.780. The lowest BCUT2D eigenvalue weighted by Crippen LogP contribution is -2.61. The zero-order valence-corrected chi connectivity index (χ0v) is 66.0. The molecular formula is C100H104BN3O. The summed E-state index contributed by atoms with van der Waals surface area (Å²) in [4.78, 5) is 7.79. The van der Waals surface area contributed by atoms with E-state index in [0.29, 0.717) is 0 Å². The van der Waals surface area contributed by atoms with Gasteiger partial charge < -0.3 is 19.1 Å². The number of furan rings is 1. The summed E-state index contributed by atoms with van der Waals surface area (Å²) in [6.45, 7) is 48.6. The van der Waals surface area contributed by atoms with Crippen LogP contribution in [0.2, 0.25) is 0 Å². The predicted molar refractivity (Wildman–Crippen MR) is 455 cm³/mol. The van der Waals surface area contributed by atoms with Crippen LogP contribution in [-0.2, 0) is 37.9 Å². The SMILES string of the molecule is CC(C)(C)c1ccc(-c2cc(-c3ccc(C(C)(C)C)cc3)cc(N3c4ccc(C(C)(C)C)cc4B4c5cc(C(C)(C)C)ccc5N(c5cc(-c6ccc(C(C)(C)C)cc6)cc(-c6ccc(C(C)(C)C)cc6)c5)c5cc(N(c6ccc(C(C)(C)C)cc6)c6ccc7c(c6)oc6ccccc67)cc3c54)c2)cc1. The summed E-state index contributed by atoms with van der Waals surface area (Å²) in [5.41, 5.74) is 33.2. The quantitative estimate of drug-likeness (QED) is 0.134. The molecule has 15 rings (SSSR count). The maximum absolute atomic E-state index is 6.87. The van der Waals surface area contributed by atoms with E-state index in [1.807, 2.05) is 0 Å². The van der Waals surface area contributed by atoms with Crippen LogP contribution in [0.25, 0.3) is 66.4 Å². The molecule has 0 spiro atoms. The van der Waals surface area contributed by atoms with Crippen molar-refractivity contribution in [1.29, 1.82) is 0 Å². The molecule has 1 aromatic heterocycles. The summed E-state index contributed by atoms with van der Waals surface area (Å²) in [7, 11) is 0. The van der Waals surface area contributed by atoms with E-state index in [1.165, 1.54) is 77.6 Å². The van der Waals surface area contributed by atoms with E-state index in [2.05, 4.69) is 409 Å². The number of nitrogens with zero attached hydrogens (tertiary/aromatic N) is 3. The zero-order chi connectivity index (χ0) is 74.4. The second kappa shape index (κ2) is 25.3. The van der Waals surface area contributed by atoms with Crippen molar-refractivity contribution in [1.82, 2.24) is 0 Å². The van der Waals surface area contributed by atoms with E-state index in [-0.39, 0.29) is 44.6 Å². The van der Waals surface area contributed by atoms with E-state index in [1.54, 1.807) is 0 Å². The molecule has 13 aromatic rings. The van der Waals surface area contributed by atoms with Crippen molar-refractivity contribution < 1.29 is 4.42 Å². The summed E-state index contributed by atoms with van der Waals surface area (Å²) in [6, 6.07) is 96.6. The maximum atomic E-state index is 6.87. The molecule has 3 heterocycles. The van der Waals surface area contributed by atoms with Gasteiger partial charge in [-0.1, -0.05) is 297 Å². The largest absolute Gasteiger partial charge is 0.456 e. The number of benzene rings is 12. The first-order valence-corrected chi connectivity index (χ1v) is 38.1. The van der Waals surface area contributed by atoms with E-state index in [4.69, 9.17) is 4.42 Å². The highest BCUT2D eigenvalue weighted by molar-refractivity contribution is 7.00. The van der Waals surface area contributed by atoms with Gasteiger partial charge in [-0.2, -0.15) is 0 Å². The third-order valence-corrected chi connectivity index (χ3v) is 22.3. The van der Waals surface area contributed by atoms with Crippen molar-refractivity contribution in [2.45, 2.75) is 183 Å². The Balaban J connectivity index is 1.09. The number of rotatable bonds is 9. The molecule has 0 fully saturated rings. The molecule has 2 aliphatic rings.